The van der Waals surface area contributed by atoms with Crippen molar-refractivity contribution in [3.05, 3.63) is 54.6 Å². The molecular weight excluding hydrogens is 484 g/mol. The molecule has 2 bridgehead atoms. The summed E-state index contributed by atoms with van der Waals surface area (Å²) in [6, 6.07) is 5.18. The maximum absolute atomic E-state index is 14.2. The van der Waals surface area contributed by atoms with Crippen molar-refractivity contribution < 1.29 is 29.0 Å². The highest BCUT2D eigenvalue weighted by Gasteiger charge is 2.75. The van der Waals surface area contributed by atoms with Gasteiger partial charge in [0.2, 0.25) is 5.91 Å². The zero-order valence-corrected chi connectivity index (χ0v) is 21.2. The lowest BCUT2D eigenvalue weighted by Gasteiger charge is -2.38. The number of anilines is 1. The fourth-order valence-electron chi connectivity index (χ4n) is 5.92. The van der Waals surface area contributed by atoms with Gasteiger partial charge in [0.1, 0.15) is 11.6 Å². The highest BCUT2D eigenvalue weighted by atomic mass is 35.5. The van der Waals surface area contributed by atoms with Gasteiger partial charge >= 0.3 is 5.97 Å². The number of amides is 2. The summed E-state index contributed by atoms with van der Waals surface area (Å²) in [5.41, 5.74) is -0.572. The predicted octanol–water partition coefficient (Wildman–Crippen LogP) is 3.12. The number of fused-ring (bicyclic) bond motifs is 1. The van der Waals surface area contributed by atoms with E-state index in [4.69, 9.17) is 21.1 Å². The monoisotopic (exact) mass is 516 g/mol. The van der Waals surface area contributed by atoms with Crippen molar-refractivity contribution in [2.45, 2.75) is 56.4 Å². The lowest BCUT2D eigenvalue weighted by atomic mass is 9.70. The quantitative estimate of drug-likeness (QED) is 0.276. The van der Waals surface area contributed by atoms with Gasteiger partial charge in [0.25, 0.3) is 5.91 Å². The Hall–Kier alpha value is -2.68. The highest BCUT2D eigenvalue weighted by molar-refractivity contribution is 6.30. The molecule has 1 aromatic carbocycles. The van der Waals surface area contributed by atoms with Crippen LogP contribution in [0.3, 0.4) is 0 Å². The molecule has 194 valence electrons. The van der Waals surface area contributed by atoms with Crippen molar-refractivity contribution in [2.75, 3.05) is 24.7 Å². The molecule has 2 unspecified atom stereocenters. The summed E-state index contributed by atoms with van der Waals surface area (Å²) in [6.07, 6.45) is 5.23. The van der Waals surface area contributed by atoms with Gasteiger partial charge in [0, 0.05) is 17.3 Å². The Morgan fingerprint density at radius 3 is 2.69 bits per heavy atom. The number of rotatable bonds is 11. The van der Waals surface area contributed by atoms with Crippen molar-refractivity contribution in [1.82, 2.24) is 4.90 Å². The first-order valence-electron chi connectivity index (χ1n) is 12.4. The molecule has 4 rings (SSSR count). The number of likely N-dealkylation sites (tertiary alicyclic amines) is 1. The lowest BCUT2D eigenvalue weighted by Crippen LogP contribution is -2.58. The SMILES string of the molecule is C=CCCCOC(=O)[C@@H]1[C@H]2C(=O)N([C@H](C)CO)C(C(=O)N(CC=C)c3ccc(Cl)cc3)C23CC[C@H]1O3. The number of esters is 1. The van der Waals surface area contributed by atoms with Crippen molar-refractivity contribution >= 4 is 35.1 Å². The van der Waals surface area contributed by atoms with Gasteiger partial charge in [-0.05, 0) is 56.9 Å². The van der Waals surface area contributed by atoms with Crippen LogP contribution in [-0.4, -0.2) is 71.3 Å². The van der Waals surface area contributed by atoms with E-state index in [-0.39, 0.29) is 31.6 Å². The molecule has 3 fully saturated rings. The van der Waals surface area contributed by atoms with Crippen molar-refractivity contribution in [1.29, 1.82) is 0 Å². The van der Waals surface area contributed by atoms with Gasteiger partial charge in [-0.2, -0.15) is 0 Å². The maximum atomic E-state index is 14.2. The van der Waals surface area contributed by atoms with Gasteiger partial charge in [0.05, 0.1) is 37.2 Å². The highest BCUT2D eigenvalue weighted by Crippen LogP contribution is 2.59. The van der Waals surface area contributed by atoms with E-state index in [9.17, 15) is 19.5 Å². The molecule has 1 N–H and O–H groups in total. The minimum Gasteiger partial charge on any atom is -0.465 e. The van der Waals surface area contributed by atoms with Crippen LogP contribution in [-0.2, 0) is 23.9 Å². The molecule has 3 heterocycles. The van der Waals surface area contributed by atoms with Crippen LogP contribution >= 0.6 is 11.6 Å². The summed E-state index contributed by atoms with van der Waals surface area (Å²) in [6.45, 7) is 9.24. The Balaban J connectivity index is 1.70. The molecule has 2 amide bonds. The second kappa shape index (κ2) is 10.7. The Morgan fingerprint density at radius 1 is 1.33 bits per heavy atom. The van der Waals surface area contributed by atoms with Crippen LogP contribution in [0.1, 0.15) is 32.6 Å². The third kappa shape index (κ3) is 4.35. The fourth-order valence-corrected chi connectivity index (χ4v) is 6.04. The minimum atomic E-state index is -1.17. The summed E-state index contributed by atoms with van der Waals surface area (Å²) in [4.78, 5) is 44.1. The first-order valence-corrected chi connectivity index (χ1v) is 12.7. The molecule has 0 aromatic heterocycles. The summed E-state index contributed by atoms with van der Waals surface area (Å²) >= 11 is 6.05. The van der Waals surface area contributed by atoms with Crippen LogP contribution in [0.5, 0.6) is 0 Å². The molecule has 1 spiro atoms. The molecule has 8 nitrogen and oxygen atoms in total. The Kier molecular flexibility index (Phi) is 7.87. The van der Waals surface area contributed by atoms with Gasteiger partial charge in [-0.15, -0.1) is 13.2 Å². The number of ether oxygens (including phenoxy) is 2. The predicted molar refractivity (Wildman–Crippen MR) is 135 cm³/mol. The molecule has 6 atom stereocenters. The molecule has 0 saturated carbocycles. The van der Waals surface area contributed by atoms with Crippen molar-refractivity contribution in [2.24, 2.45) is 11.8 Å². The average molecular weight is 517 g/mol. The van der Waals surface area contributed by atoms with Gasteiger partial charge < -0.3 is 24.4 Å². The van der Waals surface area contributed by atoms with Gasteiger partial charge in [0.15, 0.2) is 0 Å². The number of unbranched alkanes of at least 4 members (excludes halogenated alkanes) is 1. The van der Waals surface area contributed by atoms with E-state index in [1.165, 1.54) is 9.80 Å². The normalized spacial score (nSPS) is 29.1. The first kappa shape index (κ1) is 26.4. The molecule has 9 heteroatoms. The standard InChI is InChI=1S/C27H33ClN2O6/c1-4-6-7-15-35-26(34)21-20-12-13-27(36-20)22(21)24(32)30(17(3)16-31)23(27)25(33)29(14-5-2)19-10-8-18(28)9-11-19/h4-5,8-11,17,20-23,31H,1-2,6-7,12-16H2,3H3/t17-,20-,21+,22+,23?,27?/m1/s1. The van der Waals surface area contributed by atoms with Gasteiger partial charge in [-0.3, -0.25) is 14.4 Å². The molecule has 3 aliphatic rings. The number of hydrogen-bond donors (Lipinski definition) is 1. The van der Waals surface area contributed by atoms with E-state index in [2.05, 4.69) is 13.2 Å². The Labute approximate surface area is 216 Å². The zero-order valence-electron chi connectivity index (χ0n) is 20.5. The number of carbonyl (C=O) groups excluding carboxylic acids is 3. The molecule has 0 aliphatic carbocycles. The van der Waals surface area contributed by atoms with Crippen molar-refractivity contribution in [3.8, 4) is 0 Å². The number of benzene rings is 1. The third-order valence-corrected chi connectivity index (χ3v) is 7.75. The van der Waals surface area contributed by atoms with Crippen LogP contribution in [0.25, 0.3) is 0 Å². The Morgan fingerprint density at radius 2 is 2.06 bits per heavy atom. The van der Waals surface area contributed by atoms with E-state index < -0.39 is 41.6 Å². The number of hydrogen-bond acceptors (Lipinski definition) is 6. The average Bonchev–Trinajstić information content (AvgIpc) is 3.52. The summed E-state index contributed by atoms with van der Waals surface area (Å²) < 4.78 is 11.9. The number of halogens is 1. The first-order chi connectivity index (χ1) is 17.3. The topological polar surface area (TPSA) is 96.4 Å². The molecule has 3 aliphatic heterocycles. The second-order valence-electron chi connectivity index (χ2n) is 9.65. The van der Waals surface area contributed by atoms with E-state index >= 15 is 0 Å². The molecule has 1 aromatic rings. The molecule has 3 saturated heterocycles. The van der Waals surface area contributed by atoms with Gasteiger partial charge in [-0.1, -0.05) is 23.8 Å². The van der Waals surface area contributed by atoms with Crippen LogP contribution < -0.4 is 4.90 Å². The van der Waals surface area contributed by atoms with E-state index in [1.807, 2.05) is 0 Å². The lowest BCUT2D eigenvalue weighted by molar-refractivity contribution is -0.155. The summed E-state index contributed by atoms with van der Waals surface area (Å²) in [5.74, 6) is -2.82. The van der Waals surface area contributed by atoms with Gasteiger partial charge in [-0.25, -0.2) is 0 Å². The van der Waals surface area contributed by atoms with E-state index in [1.54, 1.807) is 43.3 Å². The molecular formula is C27H33ClN2O6. The minimum absolute atomic E-state index is 0.200. The smallest absolute Gasteiger partial charge is 0.312 e. The second-order valence-corrected chi connectivity index (χ2v) is 10.1. The summed E-state index contributed by atoms with van der Waals surface area (Å²) in [7, 11) is 0. The maximum Gasteiger partial charge on any atom is 0.312 e. The van der Waals surface area contributed by atoms with Crippen LogP contribution in [0.2, 0.25) is 5.02 Å². The van der Waals surface area contributed by atoms with Crippen LogP contribution in [0, 0.1) is 11.8 Å². The number of nitrogens with zero attached hydrogens (tertiary/aromatic N) is 2. The number of aliphatic hydroxyl groups is 1. The Bertz CT molecular complexity index is 1030. The molecule has 36 heavy (non-hydrogen) atoms. The van der Waals surface area contributed by atoms with Crippen LogP contribution in [0.15, 0.2) is 49.6 Å². The third-order valence-electron chi connectivity index (χ3n) is 7.50. The number of allylic oxidation sites excluding steroid dienone is 1. The largest absolute Gasteiger partial charge is 0.465 e. The number of carbonyl (C=O) groups is 3. The summed E-state index contributed by atoms with van der Waals surface area (Å²) in [5, 5.41) is 10.5. The van der Waals surface area contributed by atoms with E-state index in [0.717, 1.165) is 0 Å². The van der Waals surface area contributed by atoms with E-state index in [0.29, 0.717) is 36.4 Å². The molecule has 0 radical (unpaired) electrons. The number of aliphatic hydroxyl groups excluding tert-OH is 1. The van der Waals surface area contributed by atoms with Crippen LogP contribution in [0.4, 0.5) is 5.69 Å². The zero-order chi connectivity index (χ0) is 26.0. The van der Waals surface area contributed by atoms with Crippen molar-refractivity contribution in [3.63, 3.8) is 0 Å². The fraction of sp³-hybridized carbons (Fsp3) is 0.519.